The minimum atomic E-state index is 0.541. The molecule has 0 heterocycles. The summed E-state index contributed by atoms with van der Waals surface area (Å²) in [5.74, 6) is 2.46. The van der Waals surface area contributed by atoms with Crippen molar-refractivity contribution in [2.24, 2.45) is 4.99 Å². The van der Waals surface area contributed by atoms with Gasteiger partial charge in [0.05, 0.1) is 21.3 Å². The Balaban J connectivity index is 2.03. The van der Waals surface area contributed by atoms with Crippen LogP contribution in [0.1, 0.15) is 11.1 Å². The lowest BCUT2D eigenvalue weighted by Gasteiger charge is -2.16. The van der Waals surface area contributed by atoms with Gasteiger partial charge in [0.25, 0.3) is 0 Å². The predicted octanol–water partition coefficient (Wildman–Crippen LogP) is 3.23. The van der Waals surface area contributed by atoms with Crippen LogP contribution >= 0.6 is 11.6 Å². The summed E-state index contributed by atoms with van der Waals surface area (Å²) in [7, 11) is 6.49. The molecule has 0 aliphatic heterocycles. The van der Waals surface area contributed by atoms with E-state index >= 15 is 0 Å². The molecular formula is C19H24ClN3O3. The Hall–Kier alpha value is -2.60. The third kappa shape index (κ3) is 4.95. The van der Waals surface area contributed by atoms with Crippen LogP contribution in [0.2, 0.25) is 5.02 Å². The third-order valence-corrected chi connectivity index (χ3v) is 4.18. The van der Waals surface area contributed by atoms with Crippen molar-refractivity contribution >= 4 is 17.6 Å². The van der Waals surface area contributed by atoms with Crippen LogP contribution in [-0.2, 0) is 13.1 Å². The van der Waals surface area contributed by atoms with Crippen LogP contribution in [0.25, 0.3) is 0 Å². The number of aliphatic imine (C=N–C) groups is 1. The van der Waals surface area contributed by atoms with Gasteiger partial charge in [-0.25, -0.2) is 0 Å². The Bertz CT molecular complexity index is 740. The normalized spacial score (nSPS) is 11.0. The minimum absolute atomic E-state index is 0.541. The molecule has 0 atom stereocenters. The number of methoxy groups -OCH3 is 3. The average molecular weight is 378 g/mol. The Labute approximate surface area is 159 Å². The van der Waals surface area contributed by atoms with Crippen molar-refractivity contribution in [2.45, 2.75) is 13.1 Å². The summed E-state index contributed by atoms with van der Waals surface area (Å²) < 4.78 is 16.1. The molecule has 0 aromatic heterocycles. The number of benzene rings is 2. The van der Waals surface area contributed by atoms with E-state index in [1.165, 1.54) is 0 Å². The number of hydrogen-bond donors (Lipinski definition) is 2. The first kappa shape index (κ1) is 19.7. The van der Waals surface area contributed by atoms with Crippen molar-refractivity contribution in [1.82, 2.24) is 10.6 Å². The molecule has 2 rings (SSSR count). The van der Waals surface area contributed by atoms with E-state index in [4.69, 9.17) is 25.8 Å². The maximum absolute atomic E-state index is 6.18. The fourth-order valence-corrected chi connectivity index (χ4v) is 2.67. The second kappa shape index (κ2) is 9.77. The molecule has 0 unspecified atom stereocenters. The van der Waals surface area contributed by atoms with Gasteiger partial charge in [-0.3, -0.25) is 4.99 Å². The number of guanidine groups is 1. The number of hydrogen-bond acceptors (Lipinski definition) is 4. The molecule has 2 aromatic carbocycles. The van der Waals surface area contributed by atoms with Crippen LogP contribution in [-0.4, -0.2) is 34.3 Å². The Morgan fingerprint density at radius 3 is 2.12 bits per heavy atom. The second-order valence-electron chi connectivity index (χ2n) is 5.40. The van der Waals surface area contributed by atoms with Crippen LogP contribution in [0, 0.1) is 0 Å². The largest absolute Gasteiger partial charge is 0.493 e. The second-order valence-corrected chi connectivity index (χ2v) is 5.81. The quantitative estimate of drug-likeness (QED) is 0.573. The molecule has 0 aliphatic carbocycles. The highest BCUT2D eigenvalue weighted by Gasteiger charge is 2.13. The molecule has 140 valence electrons. The van der Waals surface area contributed by atoms with E-state index in [2.05, 4.69) is 15.6 Å². The number of halogens is 1. The number of rotatable bonds is 7. The van der Waals surface area contributed by atoms with Crippen molar-refractivity contribution in [1.29, 1.82) is 0 Å². The fourth-order valence-electron chi connectivity index (χ4n) is 2.46. The van der Waals surface area contributed by atoms with Crippen LogP contribution in [0.15, 0.2) is 41.4 Å². The molecule has 0 spiro atoms. The van der Waals surface area contributed by atoms with E-state index in [9.17, 15) is 0 Å². The molecule has 0 fully saturated rings. The summed E-state index contributed by atoms with van der Waals surface area (Å²) in [5.41, 5.74) is 1.98. The van der Waals surface area contributed by atoms with Crippen LogP contribution < -0.4 is 24.8 Å². The van der Waals surface area contributed by atoms with Gasteiger partial charge in [-0.05, 0) is 29.3 Å². The number of ether oxygens (including phenoxy) is 3. The Kier molecular flexibility index (Phi) is 7.41. The van der Waals surface area contributed by atoms with Gasteiger partial charge < -0.3 is 24.8 Å². The molecule has 26 heavy (non-hydrogen) atoms. The van der Waals surface area contributed by atoms with Crippen molar-refractivity contribution in [3.05, 3.63) is 52.5 Å². The van der Waals surface area contributed by atoms with Gasteiger partial charge in [0, 0.05) is 25.2 Å². The topological polar surface area (TPSA) is 64.1 Å². The Morgan fingerprint density at radius 2 is 1.58 bits per heavy atom. The monoisotopic (exact) mass is 377 g/mol. The van der Waals surface area contributed by atoms with Crippen LogP contribution in [0.5, 0.6) is 17.2 Å². The van der Waals surface area contributed by atoms with E-state index in [-0.39, 0.29) is 0 Å². The van der Waals surface area contributed by atoms with Crippen molar-refractivity contribution in [3.63, 3.8) is 0 Å². The average Bonchev–Trinajstić information content (AvgIpc) is 2.68. The van der Waals surface area contributed by atoms with Gasteiger partial charge in [-0.15, -0.1) is 0 Å². The van der Waals surface area contributed by atoms with Gasteiger partial charge in [-0.1, -0.05) is 29.8 Å². The van der Waals surface area contributed by atoms with E-state index in [1.54, 1.807) is 28.4 Å². The van der Waals surface area contributed by atoms with Crippen LogP contribution in [0.3, 0.4) is 0 Å². The van der Waals surface area contributed by atoms with E-state index < -0.39 is 0 Å². The summed E-state index contributed by atoms with van der Waals surface area (Å²) in [6, 6.07) is 11.5. The number of nitrogens with zero attached hydrogens (tertiary/aromatic N) is 1. The third-order valence-electron chi connectivity index (χ3n) is 3.81. The molecule has 2 N–H and O–H groups in total. The molecule has 2 aromatic rings. The lowest BCUT2D eigenvalue weighted by molar-refractivity contribution is 0.323. The van der Waals surface area contributed by atoms with Gasteiger partial charge in [0.2, 0.25) is 5.75 Å². The number of nitrogens with one attached hydrogen (secondary N) is 2. The zero-order valence-electron chi connectivity index (χ0n) is 15.4. The summed E-state index contributed by atoms with van der Waals surface area (Å²) >= 11 is 6.18. The van der Waals surface area contributed by atoms with Gasteiger partial charge in [0.15, 0.2) is 17.5 Å². The molecule has 0 saturated heterocycles. The molecule has 7 heteroatoms. The zero-order valence-corrected chi connectivity index (χ0v) is 16.2. The summed E-state index contributed by atoms with van der Waals surface area (Å²) in [4.78, 5) is 4.23. The predicted molar refractivity (Wildman–Crippen MR) is 105 cm³/mol. The molecule has 6 nitrogen and oxygen atoms in total. The van der Waals surface area contributed by atoms with Gasteiger partial charge in [0.1, 0.15) is 0 Å². The lowest BCUT2D eigenvalue weighted by Crippen LogP contribution is -2.36. The van der Waals surface area contributed by atoms with E-state index in [0.717, 1.165) is 16.1 Å². The molecule has 0 bridgehead atoms. The summed E-state index contributed by atoms with van der Waals surface area (Å²) in [6.45, 7) is 1.12. The van der Waals surface area contributed by atoms with Crippen molar-refractivity contribution < 1.29 is 14.2 Å². The first-order valence-electron chi connectivity index (χ1n) is 8.09. The SMILES string of the molecule is CN=C(NCc1cc(OC)c(OC)c(OC)c1)NCc1ccccc1Cl. The smallest absolute Gasteiger partial charge is 0.203 e. The zero-order chi connectivity index (χ0) is 18.9. The van der Waals surface area contributed by atoms with Crippen LogP contribution in [0.4, 0.5) is 0 Å². The maximum atomic E-state index is 6.18. The summed E-state index contributed by atoms with van der Waals surface area (Å²) in [6.07, 6.45) is 0. The highest BCUT2D eigenvalue weighted by molar-refractivity contribution is 6.31. The fraction of sp³-hybridized carbons (Fsp3) is 0.316. The first-order chi connectivity index (χ1) is 12.6. The highest BCUT2D eigenvalue weighted by Crippen LogP contribution is 2.38. The first-order valence-corrected chi connectivity index (χ1v) is 8.47. The standard InChI is InChI=1S/C19H24ClN3O3/c1-21-19(23-12-14-7-5-6-8-15(14)20)22-11-13-9-16(24-2)18(26-4)17(10-13)25-3/h5-10H,11-12H2,1-4H3,(H2,21,22,23). The molecular weight excluding hydrogens is 354 g/mol. The van der Waals surface area contributed by atoms with Crippen molar-refractivity contribution in [3.8, 4) is 17.2 Å². The molecule has 0 saturated carbocycles. The molecule has 0 amide bonds. The maximum Gasteiger partial charge on any atom is 0.203 e. The van der Waals surface area contributed by atoms with Gasteiger partial charge >= 0.3 is 0 Å². The van der Waals surface area contributed by atoms with E-state index in [0.29, 0.717) is 36.3 Å². The highest BCUT2D eigenvalue weighted by atomic mass is 35.5. The Morgan fingerprint density at radius 1 is 0.962 bits per heavy atom. The lowest BCUT2D eigenvalue weighted by atomic mass is 10.2. The molecule has 0 radical (unpaired) electrons. The van der Waals surface area contributed by atoms with Crippen molar-refractivity contribution in [2.75, 3.05) is 28.4 Å². The summed E-state index contributed by atoms with van der Waals surface area (Å²) in [5, 5.41) is 7.23. The van der Waals surface area contributed by atoms with E-state index in [1.807, 2.05) is 36.4 Å². The van der Waals surface area contributed by atoms with Gasteiger partial charge in [-0.2, -0.15) is 0 Å². The minimum Gasteiger partial charge on any atom is -0.493 e. The molecule has 0 aliphatic rings.